The second-order valence-corrected chi connectivity index (χ2v) is 5.11. The van der Waals surface area contributed by atoms with Crippen LogP contribution in [-0.4, -0.2) is 25.8 Å². The Labute approximate surface area is 119 Å². The van der Waals surface area contributed by atoms with Gasteiger partial charge in [-0.05, 0) is 31.5 Å². The van der Waals surface area contributed by atoms with E-state index in [0.29, 0.717) is 25.6 Å². The number of carbonyl (C=O) groups excluding carboxylic acids is 1. The van der Waals surface area contributed by atoms with Crippen molar-refractivity contribution in [2.45, 2.75) is 32.2 Å². The highest BCUT2D eigenvalue weighted by molar-refractivity contribution is 5.71. The molecule has 0 aromatic heterocycles. The van der Waals surface area contributed by atoms with E-state index < -0.39 is 5.54 Å². The lowest BCUT2D eigenvalue weighted by atomic mass is 9.89. The van der Waals surface area contributed by atoms with Gasteiger partial charge in [-0.3, -0.25) is 4.79 Å². The first kappa shape index (κ1) is 14.7. The van der Waals surface area contributed by atoms with Gasteiger partial charge in [0, 0.05) is 12.0 Å². The van der Waals surface area contributed by atoms with Crippen LogP contribution < -0.4 is 15.2 Å². The third-order valence-electron chi connectivity index (χ3n) is 3.22. The molecule has 110 valence electrons. The number of hydrogen-bond donors (Lipinski definition) is 1. The second kappa shape index (κ2) is 6.13. The maximum atomic E-state index is 11.6. The topological polar surface area (TPSA) is 70.8 Å². The molecule has 0 bridgehead atoms. The van der Waals surface area contributed by atoms with Crippen LogP contribution in [-0.2, 0) is 15.1 Å². The first-order chi connectivity index (χ1) is 9.53. The number of benzene rings is 1. The van der Waals surface area contributed by atoms with Gasteiger partial charge in [-0.15, -0.1) is 0 Å². The average Bonchev–Trinajstić information content (AvgIpc) is 2.62. The van der Waals surface area contributed by atoms with E-state index in [1.54, 1.807) is 6.92 Å². The van der Waals surface area contributed by atoms with Gasteiger partial charge < -0.3 is 19.9 Å². The Balaban J connectivity index is 2.19. The van der Waals surface area contributed by atoms with E-state index in [1.807, 2.05) is 25.1 Å². The van der Waals surface area contributed by atoms with Crippen LogP contribution in [0.1, 0.15) is 32.3 Å². The summed E-state index contributed by atoms with van der Waals surface area (Å²) in [5, 5.41) is 0. The molecule has 0 saturated heterocycles. The van der Waals surface area contributed by atoms with Crippen LogP contribution in [0.4, 0.5) is 0 Å². The summed E-state index contributed by atoms with van der Waals surface area (Å²) in [5.74, 6) is 1.10. The standard InChI is InChI=1S/C15H21NO4/c1-3-18-14(17)10-15(2,16)11-5-6-12-13(9-11)20-8-4-7-19-12/h5-6,9H,3-4,7-8,10,16H2,1-2H3. The number of fused-ring (bicyclic) bond motifs is 1. The molecule has 2 rings (SSSR count). The zero-order valence-electron chi connectivity index (χ0n) is 12.0. The zero-order valence-corrected chi connectivity index (χ0v) is 12.0. The molecule has 1 aliphatic heterocycles. The molecular formula is C15H21NO4. The number of hydrogen-bond acceptors (Lipinski definition) is 5. The van der Waals surface area contributed by atoms with Crippen LogP contribution >= 0.6 is 0 Å². The van der Waals surface area contributed by atoms with Gasteiger partial charge in [-0.2, -0.15) is 0 Å². The number of nitrogens with two attached hydrogens (primary N) is 1. The van der Waals surface area contributed by atoms with Crippen LogP contribution in [0, 0.1) is 0 Å². The second-order valence-electron chi connectivity index (χ2n) is 5.11. The van der Waals surface area contributed by atoms with Gasteiger partial charge >= 0.3 is 5.97 Å². The minimum atomic E-state index is -0.795. The Morgan fingerprint density at radius 1 is 1.35 bits per heavy atom. The van der Waals surface area contributed by atoms with Crippen molar-refractivity contribution >= 4 is 5.97 Å². The highest BCUT2D eigenvalue weighted by atomic mass is 16.5. The summed E-state index contributed by atoms with van der Waals surface area (Å²) in [5.41, 5.74) is 6.28. The summed E-state index contributed by atoms with van der Waals surface area (Å²) in [6, 6.07) is 5.55. The minimum Gasteiger partial charge on any atom is -0.490 e. The van der Waals surface area contributed by atoms with E-state index in [1.165, 1.54) is 0 Å². The van der Waals surface area contributed by atoms with Crippen molar-refractivity contribution < 1.29 is 19.0 Å². The number of rotatable bonds is 4. The number of carbonyl (C=O) groups is 1. The number of ether oxygens (including phenoxy) is 3. The molecule has 1 unspecified atom stereocenters. The predicted molar refractivity (Wildman–Crippen MR) is 74.8 cm³/mol. The van der Waals surface area contributed by atoms with Crippen LogP contribution in [0.25, 0.3) is 0 Å². The van der Waals surface area contributed by atoms with Gasteiger partial charge in [-0.1, -0.05) is 6.07 Å². The van der Waals surface area contributed by atoms with Gasteiger partial charge in [0.15, 0.2) is 11.5 Å². The fraction of sp³-hybridized carbons (Fsp3) is 0.533. The molecule has 1 atom stereocenters. The van der Waals surface area contributed by atoms with E-state index in [-0.39, 0.29) is 12.4 Å². The Kier molecular flexibility index (Phi) is 4.49. The Hall–Kier alpha value is -1.75. The lowest BCUT2D eigenvalue weighted by molar-refractivity contribution is -0.144. The van der Waals surface area contributed by atoms with E-state index in [2.05, 4.69) is 0 Å². The summed E-state index contributed by atoms with van der Waals surface area (Å²) in [6.45, 7) is 5.21. The molecule has 2 N–H and O–H groups in total. The van der Waals surface area contributed by atoms with Gasteiger partial charge in [0.2, 0.25) is 0 Å². The Morgan fingerprint density at radius 3 is 2.75 bits per heavy atom. The summed E-state index contributed by atoms with van der Waals surface area (Å²) in [4.78, 5) is 11.6. The van der Waals surface area contributed by atoms with E-state index in [0.717, 1.165) is 17.7 Å². The lowest BCUT2D eigenvalue weighted by Crippen LogP contribution is -2.36. The fourth-order valence-electron chi connectivity index (χ4n) is 2.13. The van der Waals surface area contributed by atoms with E-state index >= 15 is 0 Å². The first-order valence-corrected chi connectivity index (χ1v) is 6.87. The summed E-state index contributed by atoms with van der Waals surface area (Å²) in [6.07, 6.45) is 0.979. The van der Waals surface area contributed by atoms with Crippen molar-refractivity contribution in [3.8, 4) is 11.5 Å². The van der Waals surface area contributed by atoms with Crippen LogP contribution in [0.3, 0.4) is 0 Å². The molecule has 1 aliphatic rings. The van der Waals surface area contributed by atoms with Crippen molar-refractivity contribution in [1.29, 1.82) is 0 Å². The van der Waals surface area contributed by atoms with Gasteiger partial charge in [0.05, 0.1) is 26.2 Å². The van der Waals surface area contributed by atoms with E-state index in [4.69, 9.17) is 19.9 Å². The molecule has 5 heteroatoms. The molecular weight excluding hydrogens is 258 g/mol. The SMILES string of the molecule is CCOC(=O)CC(C)(N)c1ccc2c(c1)OCCCO2. The molecule has 5 nitrogen and oxygen atoms in total. The van der Waals surface area contributed by atoms with Crippen LogP contribution in [0.5, 0.6) is 11.5 Å². The highest BCUT2D eigenvalue weighted by Gasteiger charge is 2.27. The lowest BCUT2D eigenvalue weighted by Gasteiger charge is -2.25. The maximum Gasteiger partial charge on any atom is 0.307 e. The van der Waals surface area contributed by atoms with Crippen molar-refractivity contribution in [3.05, 3.63) is 23.8 Å². The summed E-state index contributed by atoms with van der Waals surface area (Å²) in [7, 11) is 0. The molecule has 0 radical (unpaired) electrons. The molecule has 0 saturated carbocycles. The highest BCUT2D eigenvalue weighted by Crippen LogP contribution is 2.34. The molecule has 0 fully saturated rings. The van der Waals surface area contributed by atoms with Crippen LogP contribution in [0.15, 0.2) is 18.2 Å². The average molecular weight is 279 g/mol. The Morgan fingerprint density at radius 2 is 2.05 bits per heavy atom. The molecule has 20 heavy (non-hydrogen) atoms. The molecule has 0 amide bonds. The minimum absolute atomic E-state index is 0.125. The van der Waals surface area contributed by atoms with Crippen molar-refractivity contribution in [1.82, 2.24) is 0 Å². The fourth-order valence-corrected chi connectivity index (χ4v) is 2.13. The molecule has 1 aromatic rings. The predicted octanol–water partition coefficient (Wildman–Crippen LogP) is 1.97. The third-order valence-corrected chi connectivity index (χ3v) is 3.22. The summed E-state index contributed by atoms with van der Waals surface area (Å²) >= 11 is 0. The molecule has 1 heterocycles. The molecule has 0 spiro atoms. The summed E-state index contributed by atoms with van der Waals surface area (Å²) < 4.78 is 16.2. The Bertz CT molecular complexity index is 485. The zero-order chi connectivity index (χ0) is 14.6. The third kappa shape index (κ3) is 3.42. The van der Waals surface area contributed by atoms with Crippen LogP contribution in [0.2, 0.25) is 0 Å². The quantitative estimate of drug-likeness (QED) is 0.853. The first-order valence-electron chi connectivity index (χ1n) is 6.87. The van der Waals surface area contributed by atoms with Crippen molar-refractivity contribution in [2.24, 2.45) is 5.73 Å². The normalized spacial score (nSPS) is 16.9. The molecule has 1 aromatic carbocycles. The van der Waals surface area contributed by atoms with Gasteiger partial charge in [0.1, 0.15) is 0 Å². The smallest absolute Gasteiger partial charge is 0.307 e. The van der Waals surface area contributed by atoms with Gasteiger partial charge in [-0.25, -0.2) is 0 Å². The van der Waals surface area contributed by atoms with Crippen molar-refractivity contribution in [2.75, 3.05) is 19.8 Å². The van der Waals surface area contributed by atoms with E-state index in [9.17, 15) is 4.79 Å². The molecule has 0 aliphatic carbocycles. The largest absolute Gasteiger partial charge is 0.490 e. The van der Waals surface area contributed by atoms with Crippen molar-refractivity contribution in [3.63, 3.8) is 0 Å². The van der Waals surface area contributed by atoms with Gasteiger partial charge in [0.25, 0.3) is 0 Å². The monoisotopic (exact) mass is 279 g/mol. The number of esters is 1. The maximum absolute atomic E-state index is 11.6.